The van der Waals surface area contributed by atoms with Crippen molar-refractivity contribution in [3.63, 3.8) is 0 Å². The summed E-state index contributed by atoms with van der Waals surface area (Å²) in [5, 5.41) is 5.87. The molecule has 0 radical (unpaired) electrons. The van der Waals surface area contributed by atoms with Crippen LogP contribution in [0, 0.1) is 12.3 Å². The molecule has 1 unspecified atom stereocenters. The zero-order chi connectivity index (χ0) is 14.1. The van der Waals surface area contributed by atoms with Crippen LogP contribution >= 0.6 is 0 Å². The molecule has 0 spiro atoms. The van der Waals surface area contributed by atoms with Crippen LogP contribution in [-0.2, 0) is 4.79 Å². The predicted molar refractivity (Wildman–Crippen MR) is 75.9 cm³/mol. The molecule has 0 saturated heterocycles. The number of carbonyl (C=O) groups excluding carboxylic acids is 1. The topological polar surface area (TPSA) is 50.4 Å². The fraction of sp³-hybridized carbons (Fsp3) is 0.400. The molecule has 0 fully saturated rings. The molecule has 1 amide bonds. The summed E-state index contributed by atoms with van der Waals surface area (Å²) in [6, 6.07) is 8.00. The van der Waals surface area contributed by atoms with Gasteiger partial charge in [0, 0.05) is 6.04 Å². The van der Waals surface area contributed by atoms with Gasteiger partial charge in [0.25, 0.3) is 5.91 Å². The van der Waals surface area contributed by atoms with Crippen molar-refractivity contribution in [1.29, 1.82) is 0 Å². The molecule has 1 atom stereocenters. The third kappa shape index (κ3) is 5.45. The van der Waals surface area contributed by atoms with Gasteiger partial charge in [0.05, 0.1) is 6.54 Å². The first-order valence-corrected chi connectivity index (χ1v) is 6.33. The van der Waals surface area contributed by atoms with Crippen molar-refractivity contribution in [2.75, 3.05) is 19.7 Å². The van der Waals surface area contributed by atoms with Crippen molar-refractivity contribution in [3.8, 4) is 18.1 Å². The van der Waals surface area contributed by atoms with Crippen molar-refractivity contribution in [3.05, 3.63) is 29.8 Å². The first kappa shape index (κ1) is 15.1. The summed E-state index contributed by atoms with van der Waals surface area (Å²) >= 11 is 0. The SMILES string of the molecule is C#CCNC(=O)COc1ccc(C(C)NCC)cc1. The molecule has 19 heavy (non-hydrogen) atoms. The van der Waals surface area contributed by atoms with Crippen molar-refractivity contribution in [2.24, 2.45) is 0 Å². The smallest absolute Gasteiger partial charge is 0.258 e. The lowest BCUT2D eigenvalue weighted by atomic mass is 10.1. The quantitative estimate of drug-likeness (QED) is 0.730. The van der Waals surface area contributed by atoms with Crippen LogP contribution in [0.5, 0.6) is 5.75 Å². The molecule has 0 aromatic heterocycles. The first-order valence-electron chi connectivity index (χ1n) is 6.33. The van der Waals surface area contributed by atoms with Crippen LogP contribution in [0.1, 0.15) is 25.5 Å². The number of rotatable bonds is 7. The van der Waals surface area contributed by atoms with Gasteiger partial charge in [0.1, 0.15) is 5.75 Å². The molecule has 0 heterocycles. The monoisotopic (exact) mass is 260 g/mol. The number of terminal acetylenes is 1. The maximum atomic E-state index is 11.3. The fourth-order valence-corrected chi connectivity index (χ4v) is 1.63. The van der Waals surface area contributed by atoms with E-state index < -0.39 is 0 Å². The van der Waals surface area contributed by atoms with E-state index in [1.54, 1.807) is 0 Å². The first-order chi connectivity index (χ1) is 9.17. The molecular weight excluding hydrogens is 240 g/mol. The summed E-state index contributed by atoms with van der Waals surface area (Å²) in [5.74, 6) is 2.78. The summed E-state index contributed by atoms with van der Waals surface area (Å²) < 4.78 is 5.36. The number of benzene rings is 1. The van der Waals surface area contributed by atoms with E-state index in [1.807, 2.05) is 24.3 Å². The highest BCUT2D eigenvalue weighted by Gasteiger charge is 2.05. The lowest BCUT2D eigenvalue weighted by Crippen LogP contribution is -2.29. The second-order valence-electron chi connectivity index (χ2n) is 4.12. The van der Waals surface area contributed by atoms with Gasteiger partial charge in [0.15, 0.2) is 6.61 Å². The zero-order valence-corrected chi connectivity index (χ0v) is 11.4. The minimum absolute atomic E-state index is 0.0240. The van der Waals surface area contributed by atoms with Crippen molar-refractivity contribution >= 4 is 5.91 Å². The van der Waals surface area contributed by atoms with Crippen LogP contribution in [0.2, 0.25) is 0 Å². The largest absolute Gasteiger partial charge is 0.484 e. The fourth-order valence-electron chi connectivity index (χ4n) is 1.63. The van der Waals surface area contributed by atoms with Gasteiger partial charge in [-0.05, 0) is 31.2 Å². The van der Waals surface area contributed by atoms with E-state index in [0.717, 1.165) is 6.54 Å². The lowest BCUT2D eigenvalue weighted by molar-refractivity contribution is -0.122. The van der Waals surface area contributed by atoms with Crippen molar-refractivity contribution in [1.82, 2.24) is 10.6 Å². The van der Waals surface area contributed by atoms with Crippen LogP contribution in [0.3, 0.4) is 0 Å². The van der Waals surface area contributed by atoms with Gasteiger partial charge < -0.3 is 15.4 Å². The second kappa shape index (κ2) is 8.17. The van der Waals surface area contributed by atoms with Gasteiger partial charge in [-0.3, -0.25) is 4.79 Å². The predicted octanol–water partition coefficient (Wildman–Crippen LogP) is 1.49. The van der Waals surface area contributed by atoms with E-state index in [0.29, 0.717) is 11.8 Å². The van der Waals surface area contributed by atoms with E-state index in [4.69, 9.17) is 11.2 Å². The molecule has 4 heteroatoms. The molecule has 2 N–H and O–H groups in total. The Morgan fingerprint density at radius 3 is 2.68 bits per heavy atom. The van der Waals surface area contributed by atoms with Crippen molar-refractivity contribution < 1.29 is 9.53 Å². The van der Waals surface area contributed by atoms with Gasteiger partial charge in [-0.2, -0.15) is 0 Å². The summed E-state index contributed by atoms with van der Waals surface area (Å²) in [6.07, 6.45) is 5.04. The number of nitrogens with one attached hydrogen (secondary N) is 2. The van der Waals surface area contributed by atoms with Gasteiger partial charge in [-0.25, -0.2) is 0 Å². The van der Waals surface area contributed by atoms with Crippen LogP contribution in [0.4, 0.5) is 0 Å². The highest BCUT2D eigenvalue weighted by atomic mass is 16.5. The molecule has 1 aromatic rings. The van der Waals surface area contributed by atoms with Crippen LogP contribution in [0.25, 0.3) is 0 Å². The summed E-state index contributed by atoms with van der Waals surface area (Å²) in [6.45, 7) is 5.30. The average Bonchev–Trinajstić information content (AvgIpc) is 2.43. The standard InChI is InChI=1S/C15H20N2O2/c1-4-10-17-15(18)11-19-14-8-6-13(7-9-14)12(3)16-5-2/h1,6-9,12,16H,5,10-11H2,2-3H3,(H,17,18). The average molecular weight is 260 g/mol. The van der Waals surface area contributed by atoms with Crippen LogP contribution < -0.4 is 15.4 Å². The molecule has 1 rings (SSSR count). The highest BCUT2D eigenvalue weighted by Crippen LogP contribution is 2.17. The molecule has 0 aliphatic heterocycles. The Kier molecular flexibility index (Phi) is 6.48. The Balaban J connectivity index is 2.44. The minimum Gasteiger partial charge on any atom is -0.484 e. The second-order valence-corrected chi connectivity index (χ2v) is 4.12. The Hall–Kier alpha value is -1.99. The number of hydrogen-bond acceptors (Lipinski definition) is 3. The minimum atomic E-state index is -0.219. The van der Waals surface area contributed by atoms with Crippen molar-refractivity contribution in [2.45, 2.75) is 19.9 Å². The summed E-state index contributed by atoms with van der Waals surface area (Å²) in [5.41, 5.74) is 1.19. The Morgan fingerprint density at radius 2 is 2.11 bits per heavy atom. The molecule has 0 bridgehead atoms. The van der Waals surface area contributed by atoms with E-state index in [1.165, 1.54) is 5.56 Å². The normalized spacial score (nSPS) is 11.4. The number of amides is 1. The van der Waals surface area contributed by atoms with Crippen LogP contribution in [-0.4, -0.2) is 25.6 Å². The summed E-state index contributed by atoms with van der Waals surface area (Å²) in [7, 11) is 0. The van der Waals surface area contributed by atoms with Crippen LogP contribution in [0.15, 0.2) is 24.3 Å². The molecular formula is C15H20N2O2. The maximum absolute atomic E-state index is 11.3. The number of hydrogen-bond donors (Lipinski definition) is 2. The Bertz CT molecular complexity index is 434. The van der Waals surface area contributed by atoms with E-state index >= 15 is 0 Å². The molecule has 0 saturated carbocycles. The van der Waals surface area contributed by atoms with E-state index in [9.17, 15) is 4.79 Å². The lowest BCUT2D eigenvalue weighted by Gasteiger charge is -2.13. The molecule has 0 aliphatic rings. The molecule has 4 nitrogen and oxygen atoms in total. The van der Waals surface area contributed by atoms with Gasteiger partial charge in [-0.15, -0.1) is 6.42 Å². The number of ether oxygens (including phenoxy) is 1. The highest BCUT2D eigenvalue weighted by molar-refractivity contribution is 5.77. The van der Waals surface area contributed by atoms with E-state index in [2.05, 4.69) is 30.4 Å². The zero-order valence-electron chi connectivity index (χ0n) is 11.4. The van der Waals surface area contributed by atoms with Gasteiger partial charge >= 0.3 is 0 Å². The molecule has 1 aromatic carbocycles. The molecule has 102 valence electrons. The Labute approximate surface area is 114 Å². The van der Waals surface area contributed by atoms with Gasteiger partial charge in [-0.1, -0.05) is 25.0 Å². The van der Waals surface area contributed by atoms with Gasteiger partial charge in [0.2, 0.25) is 0 Å². The number of carbonyl (C=O) groups is 1. The maximum Gasteiger partial charge on any atom is 0.258 e. The van der Waals surface area contributed by atoms with E-state index in [-0.39, 0.29) is 19.1 Å². The third-order valence-electron chi connectivity index (χ3n) is 2.65. The molecule has 0 aliphatic carbocycles. The Morgan fingerprint density at radius 1 is 1.42 bits per heavy atom. The third-order valence-corrected chi connectivity index (χ3v) is 2.65. The summed E-state index contributed by atoms with van der Waals surface area (Å²) in [4.78, 5) is 11.3.